The minimum atomic E-state index is -0.192. The normalized spacial score (nSPS) is 43.3. The first-order chi connectivity index (χ1) is 6.27. The van der Waals surface area contributed by atoms with E-state index in [0.29, 0.717) is 18.1 Å². The van der Waals surface area contributed by atoms with Crippen LogP contribution >= 0.6 is 0 Å². The van der Waals surface area contributed by atoms with E-state index in [9.17, 15) is 5.11 Å². The fraction of sp³-hybridized carbons (Fsp3) is 0.818. The van der Waals surface area contributed by atoms with Gasteiger partial charge in [0.1, 0.15) is 0 Å². The molecule has 0 unspecified atom stereocenters. The molecule has 0 amide bonds. The van der Waals surface area contributed by atoms with Gasteiger partial charge in [-0.1, -0.05) is 12.8 Å². The molecule has 72 valence electrons. The highest BCUT2D eigenvalue weighted by Crippen LogP contribution is 2.48. The molecule has 1 saturated heterocycles. The number of hydrogen-bond donors (Lipinski definition) is 1. The van der Waals surface area contributed by atoms with E-state index < -0.39 is 0 Å². The van der Waals surface area contributed by atoms with Gasteiger partial charge in [0.05, 0.1) is 24.2 Å². The maximum absolute atomic E-state index is 9.77. The molecule has 0 radical (unpaired) electrons. The average molecular weight is 180 g/mol. The van der Waals surface area contributed by atoms with E-state index in [4.69, 9.17) is 4.74 Å². The monoisotopic (exact) mass is 180 g/mol. The highest BCUT2D eigenvalue weighted by Gasteiger charge is 2.56. The van der Waals surface area contributed by atoms with Crippen molar-refractivity contribution in [2.24, 2.45) is 11.8 Å². The summed E-state index contributed by atoms with van der Waals surface area (Å²) in [5, 5.41) is 9.77. The van der Waals surface area contributed by atoms with Gasteiger partial charge in [0.25, 0.3) is 0 Å². The van der Waals surface area contributed by atoms with Gasteiger partial charge in [-0.25, -0.2) is 0 Å². The number of rotatable bonds is 2. The van der Waals surface area contributed by atoms with Crippen molar-refractivity contribution >= 4 is 0 Å². The molecule has 2 rings (SSSR count). The summed E-state index contributed by atoms with van der Waals surface area (Å²) in [6.45, 7) is 3.87. The van der Waals surface area contributed by atoms with Crippen molar-refractivity contribution < 1.29 is 9.84 Å². The minimum Gasteiger partial charge on any atom is -0.393 e. The molecule has 0 aromatic heterocycles. The summed E-state index contributed by atoms with van der Waals surface area (Å²) in [5.74, 6) is 6.73. The topological polar surface area (TPSA) is 32.8 Å². The third-order valence-electron chi connectivity index (χ3n) is 3.16. The molecule has 1 heterocycles. The van der Waals surface area contributed by atoms with Crippen LogP contribution in [0.3, 0.4) is 0 Å². The summed E-state index contributed by atoms with van der Waals surface area (Å²) in [7, 11) is 0. The molecule has 0 bridgehead atoms. The summed E-state index contributed by atoms with van der Waals surface area (Å²) in [6, 6.07) is 0. The molecule has 0 aromatic carbocycles. The molecular formula is C11H16O2. The standard InChI is InChI=1S/C11H16O2/c1-3-5-7-8(9(12)4-2)6-10-11(7)13-10/h7-12H,4,6H2,1-2H3/t7-,8+,9-,10-,11+/m0/s1. The van der Waals surface area contributed by atoms with Crippen LogP contribution in [0.1, 0.15) is 26.7 Å². The molecule has 0 spiro atoms. The van der Waals surface area contributed by atoms with Gasteiger partial charge in [-0.2, -0.15) is 0 Å². The van der Waals surface area contributed by atoms with Crippen molar-refractivity contribution in [3.8, 4) is 11.8 Å². The molecule has 2 fully saturated rings. The first kappa shape index (κ1) is 9.05. The zero-order valence-electron chi connectivity index (χ0n) is 8.16. The van der Waals surface area contributed by atoms with Crippen LogP contribution in [0.2, 0.25) is 0 Å². The van der Waals surface area contributed by atoms with Crippen molar-refractivity contribution in [3.63, 3.8) is 0 Å². The van der Waals surface area contributed by atoms with Gasteiger partial charge >= 0.3 is 0 Å². The Kier molecular flexibility index (Phi) is 2.31. The Balaban J connectivity index is 2.06. The Morgan fingerprint density at radius 1 is 1.62 bits per heavy atom. The van der Waals surface area contributed by atoms with Gasteiger partial charge in [-0.05, 0) is 19.8 Å². The minimum absolute atomic E-state index is 0.192. The maximum Gasteiger partial charge on any atom is 0.0982 e. The van der Waals surface area contributed by atoms with Crippen LogP contribution in [-0.2, 0) is 4.74 Å². The molecular weight excluding hydrogens is 164 g/mol. The van der Waals surface area contributed by atoms with Crippen LogP contribution in [0.15, 0.2) is 0 Å². The number of aliphatic hydroxyl groups excluding tert-OH is 1. The molecule has 1 saturated carbocycles. The largest absolute Gasteiger partial charge is 0.393 e. The number of hydrogen-bond acceptors (Lipinski definition) is 2. The van der Waals surface area contributed by atoms with Gasteiger partial charge < -0.3 is 9.84 Å². The highest BCUT2D eigenvalue weighted by molar-refractivity contribution is 5.17. The van der Waals surface area contributed by atoms with Gasteiger partial charge in [0.15, 0.2) is 0 Å². The van der Waals surface area contributed by atoms with Crippen molar-refractivity contribution in [1.29, 1.82) is 0 Å². The number of epoxide rings is 1. The second kappa shape index (κ2) is 3.32. The lowest BCUT2D eigenvalue weighted by Gasteiger charge is -2.22. The number of fused-ring (bicyclic) bond motifs is 1. The van der Waals surface area contributed by atoms with Gasteiger partial charge in [0.2, 0.25) is 0 Å². The highest BCUT2D eigenvalue weighted by atomic mass is 16.6. The van der Waals surface area contributed by atoms with Gasteiger partial charge in [-0.15, -0.1) is 5.92 Å². The second-order valence-corrected chi connectivity index (χ2v) is 3.93. The summed E-state index contributed by atoms with van der Waals surface area (Å²) in [6.07, 6.45) is 2.36. The van der Waals surface area contributed by atoms with E-state index in [0.717, 1.165) is 12.8 Å². The average Bonchev–Trinajstić information content (AvgIpc) is 2.83. The first-order valence-electron chi connectivity index (χ1n) is 5.03. The lowest BCUT2D eigenvalue weighted by Crippen LogP contribution is -2.26. The van der Waals surface area contributed by atoms with Crippen LogP contribution in [0.4, 0.5) is 0 Å². The summed E-state index contributed by atoms with van der Waals surface area (Å²) < 4.78 is 5.43. The van der Waals surface area contributed by atoms with Gasteiger partial charge in [0, 0.05) is 5.92 Å². The summed E-state index contributed by atoms with van der Waals surface area (Å²) in [4.78, 5) is 0. The number of aliphatic hydroxyl groups is 1. The van der Waals surface area contributed by atoms with Gasteiger partial charge in [-0.3, -0.25) is 0 Å². The Labute approximate surface area is 79.3 Å². The fourth-order valence-corrected chi connectivity index (χ4v) is 2.38. The van der Waals surface area contributed by atoms with Crippen LogP contribution in [0.5, 0.6) is 0 Å². The van der Waals surface area contributed by atoms with E-state index in [-0.39, 0.29) is 12.0 Å². The number of ether oxygens (including phenoxy) is 1. The van der Waals surface area contributed by atoms with Crippen molar-refractivity contribution in [2.45, 2.75) is 45.0 Å². The Morgan fingerprint density at radius 2 is 2.38 bits per heavy atom. The first-order valence-corrected chi connectivity index (χ1v) is 5.03. The van der Waals surface area contributed by atoms with Crippen LogP contribution in [0, 0.1) is 23.7 Å². The third kappa shape index (κ3) is 1.47. The smallest absolute Gasteiger partial charge is 0.0982 e. The van der Waals surface area contributed by atoms with Crippen LogP contribution in [0.25, 0.3) is 0 Å². The molecule has 1 aliphatic carbocycles. The van der Waals surface area contributed by atoms with Crippen LogP contribution < -0.4 is 0 Å². The predicted octanol–water partition coefficient (Wildman–Crippen LogP) is 1.18. The maximum atomic E-state index is 9.77. The zero-order valence-corrected chi connectivity index (χ0v) is 8.16. The Bertz CT molecular complexity index is 251. The zero-order chi connectivity index (χ0) is 9.42. The van der Waals surface area contributed by atoms with E-state index >= 15 is 0 Å². The van der Waals surface area contributed by atoms with Crippen LogP contribution in [-0.4, -0.2) is 23.4 Å². The Morgan fingerprint density at radius 3 is 3.00 bits per heavy atom. The van der Waals surface area contributed by atoms with Crippen molar-refractivity contribution in [3.05, 3.63) is 0 Å². The summed E-state index contributed by atoms with van der Waals surface area (Å²) in [5.41, 5.74) is 0. The third-order valence-corrected chi connectivity index (χ3v) is 3.16. The van der Waals surface area contributed by atoms with E-state index in [2.05, 4.69) is 11.8 Å². The quantitative estimate of drug-likeness (QED) is 0.511. The molecule has 0 aromatic rings. The predicted molar refractivity (Wildman–Crippen MR) is 50.0 cm³/mol. The van der Waals surface area contributed by atoms with E-state index in [1.165, 1.54) is 0 Å². The lowest BCUT2D eigenvalue weighted by molar-refractivity contribution is 0.0654. The lowest BCUT2D eigenvalue weighted by atomic mass is 9.89. The van der Waals surface area contributed by atoms with E-state index in [1.54, 1.807) is 0 Å². The summed E-state index contributed by atoms with van der Waals surface area (Å²) >= 11 is 0. The Hall–Kier alpha value is -0.520. The fourth-order valence-electron chi connectivity index (χ4n) is 2.38. The molecule has 1 N–H and O–H groups in total. The second-order valence-electron chi connectivity index (χ2n) is 3.93. The molecule has 2 aliphatic rings. The van der Waals surface area contributed by atoms with Crippen molar-refractivity contribution in [2.75, 3.05) is 0 Å². The molecule has 13 heavy (non-hydrogen) atoms. The molecule has 5 atom stereocenters. The van der Waals surface area contributed by atoms with E-state index in [1.807, 2.05) is 13.8 Å². The molecule has 2 heteroatoms. The van der Waals surface area contributed by atoms with Crippen molar-refractivity contribution in [1.82, 2.24) is 0 Å². The SMILES string of the molecule is CC#C[C@H]1[C@H]([C@@H](O)CC)C[C@@H]2O[C@H]12. The molecule has 1 aliphatic heterocycles. The molecule has 2 nitrogen and oxygen atoms in total.